The van der Waals surface area contributed by atoms with Crippen molar-refractivity contribution in [3.63, 3.8) is 0 Å². The average Bonchev–Trinajstić information content (AvgIpc) is 3.21. The highest BCUT2D eigenvalue weighted by Crippen LogP contribution is 2.32. The highest BCUT2D eigenvalue weighted by atomic mass is 35.5. The van der Waals surface area contributed by atoms with Gasteiger partial charge in [-0.1, -0.05) is 29.4 Å². The molecule has 0 aliphatic carbocycles. The normalized spacial score (nSPS) is 11.3. The fourth-order valence-electron chi connectivity index (χ4n) is 3.45. The van der Waals surface area contributed by atoms with Crippen LogP contribution in [-0.4, -0.2) is 21.1 Å². The summed E-state index contributed by atoms with van der Waals surface area (Å²) in [5, 5.41) is 0.675. The predicted octanol–water partition coefficient (Wildman–Crippen LogP) is 6.95. The molecule has 0 amide bonds. The van der Waals surface area contributed by atoms with Crippen LogP contribution in [-0.2, 0) is 0 Å². The summed E-state index contributed by atoms with van der Waals surface area (Å²) < 4.78 is 4.13. The van der Waals surface area contributed by atoms with Crippen LogP contribution in [0.3, 0.4) is 0 Å². The van der Waals surface area contributed by atoms with Crippen molar-refractivity contribution in [2.24, 2.45) is 0 Å². The molecule has 0 spiro atoms. The molecular weight excluding hydrogens is 420 g/mol. The number of nitrogens with zero attached hydrogens (tertiary/aromatic N) is 2. The third-order valence-corrected chi connectivity index (χ3v) is 7.55. The SMILES string of the molecule is Cc1ccc(-n2c(C)cc(C(=O)CSc3nc4cc(Cl)ccc4s3)c2C)cc1C. The molecule has 0 fully saturated rings. The van der Waals surface area contributed by atoms with E-state index in [1.807, 2.05) is 38.1 Å². The van der Waals surface area contributed by atoms with Crippen molar-refractivity contribution in [2.45, 2.75) is 32.0 Å². The number of hydrogen-bond donors (Lipinski definition) is 0. The first-order chi connectivity index (χ1) is 13.8. The lowest BCUT2D eigenvalue weighted by atomic mass is 10.1. The third kappa shape index (κ3) is 4.00. The molecule has 0 radical (unpaired) electrons. The van der Waals surface area contributed by atoms with Crippen molar-refractivity contribution in [1.29, 1.82) is 0 Å². The highest BCUT2D eigenvalue weighted by Gasteiger charge is 2.18. The maximum Gasteiger partial charge on any atom is 0.174 e. The summed E-state index contributed by atoms with van der Waals surface area (Å²) in [5.74, 6) is 0.487. The predicted molar refractivity (Wildman–Crippen MR) is 124 cm³/mol. The molecule has 3 nitrogen and oxygen atoms in total. The van der Waals surface area contributed by atoms with E-state index in [0.29, 0.717) is 10.8 Å². The van der Waals surface area contributed by atoms with Gasteiger partial charge in [0.15, 0.2) is 10.1 Å². The lowest BCUT2D eigenvalue weighted by Gasteiger charge is -2.12. The highest BCUT2D eigenvalue weighted by molar-refractivity contribution is 8.01. The van der Waals surface area contributed by atoms with E-state index < -0.39 is 0 Å². The minimum Gasteiger partial charge on any atom is -0.318 e. The van der Waals surface area contributed by atoms with Gasteiger partial charge in [-0.25, -0.2) is 4.98 Å². The zero-order chi connectivity index (χ0) is 20.7. The van der Waals surface area contributed by atoms with E-state index in [1.165, 1.54) is 22.9 Å². The zero-order valence-corrected chi connectivity index (χ0v) is 19.1. The van der Waals surface area contributed by atoms with Crippen LogP contribution in [0.25, 0.3) is 15.9 Å². The van der Waals surface area contributed by atoms with Crippen LogP contribution in [0.1, 0.15) is 32.9 Å². The fraction of sp³-hybridized carbons (Fsp3) is 0.217. The Morgan fingerprint density at radius 2 is 1.86 bits per heavy atom. The Bertz CT molecular complexity index is 1240. The number of carbonyl (C=O) groups excluding carboxylic acids is 1. The number of halogens is 1. The van der Waals surface area contributed by atoms with Gasteiger partial charge < -0.3 is 4.57 Å². The number of hydrogen-bond acceptors (Lipinski definition) is 4. The second-order valence-corrected chi connectivity index (χ2v) is 9.88. The molecule has 0 atom stereocenters. The van der Waals surface area contributed by atoms with E-state index in [1.54, 1.807) is 11.3 Å². The topological polar surface area (TPSA) is 34.9 Å². The summed E-state index contributed by atoms with van der Waals surface area (Å²) in [6.45, 7) is 8.28. The minimum absolute atomic E-state index is 0.121. The molecule has 0 saturated heterocycles. The summed E-state index contributed by atoms with van der Waals surface area (Å²) in [4.78, 5) is 17.5. The van der Waals surface area contributed by atoms with Gasteiger partial charge in [0, 0.05) is 27.7 Å². The van der Waals surface area contributed by atoms with Gasteiger partial charge in [-0.15, -0.1) is 11.3 Å². The number of aromatic nitrogens is 2. The van der Waals surface area contributed by atoms with Gasteiger partial charge >= 0.3 is 0 Å². The van der Waals surface area contributed by atoms with Crippen molar-refractivity contribution in [3.05, 3.63) is 75.6 Å². The fourth-order valence-corrected chi connectivity index (χ4v) is 5.55. The quantitative estimate of drug-likeness (QED) is 0.249. The van der Waals surface area contributed by atoms with Crippen LogP contribution in [0.15, 0.2) is 46.8 Å². The number of fused-ring (bicyclic) bond motifs is 1. The molecule has 0 N–H and O–H groups in total. The Morgan fingerprint density at radius 1 is 1.07 bits per heavy atom. The van der Waals surface area contributed by atoms with E-state index in [9.17, 15) is 4.79 Å². The largest absolute Gasteiger partial charge is 0.318 e. The molecule has 0 saturated carbocycles. The number of aryl methyl sites for hydroxylation is 3. The van der Waals surface area contributed by atoms with Crippen molar-refractivity contribution in [2.75, 3.05) is 5.75 Å². The maximum atomic E-state index is 12.9. The number of thioether (sulfide) groups is 1. The number of rotatable bonds is 5. The van der Waals surface area contributed by atoms with Crippen LogP contribution in [0.5, 0.6) is 0 Å². The summed E-state index contributed by atoms with van der Waals surface area (Å²) in [6, 6.07) is 14.1. The second-order valence-electron chi connectivity index (χ2n) is 7.19. The summed E-state index contributed by atoms with van der Waals surface area (Å²) in [5.41, 5.74) is 7.30. The molecule has 2 aromatic heterocycles. The molecule has 4 rings (SSSR count). The summed E-state index contributed by atoms with van der Waals surface area (Å²) in [7, 11) is 0. The van der Waals surface area contributed by atoms with Gasteiger partial charge in [0.1, 0.15) is 0 Å². The molecule has 0 unspecified atom stereocenters. The Hall–Kier alpha value is -2.08. The number of ketones is 1. The average molecular weight is 441 g/mol. The van der Waals surface area contributed by atoms with E-state index in [0.717, 1.165) is 37.2 Å². The Morgan fingerprint density at radius 3 is 2.62 bits per heavy atom. The van der Waals surface area contributed by atoms with Gasteiger partial charge in [-0.05, 0) is 75.2 Å². The van der Waals surface area contributed by atoms with Crippen LogP contribution < -0.4 is 0 Å². The van der Waals surface area contributed by atoms with E-state index in [4.69, 9.17) is 11.6 Å². The van der Waals surface area contributed by atoms with Gasteiger partial charge in [0.25, 0.3) is 0 Å². The van der Waals surface area contributed by atoms with Gasteiger partial charge in [0.2, 0.25) is 0 Å². The molecule has 2 heterocycles. The monoisotopic (exact) mass is 440 g/mol. The van der Waals surface area contributed by atoms with Crippen LogP contribution in [0.4, 0.5) is 0 Å². The van der Waals surface area contributed by atoms with Crippen molar-refractivity contribution in [1.82, 2.24) is 9.55 Å². The minimum atomic E-state index is 0.121. The number of benzene rings is 2. The maximum absolute atomic E-state index is 12.9. The second kappa shape index (κ2) is 7.98. The van der Waals surface area contributed by atoms with E-state index in [2.05, 4.69) is 41.6 Å². The van der Waals surface area contributed by atoms with Crippen LogP contribution in [0, 0.1) is 27.7 Å². The van der Waals surface area contributed by atoms with E-state index in [-0.39, 0.29) is 5.78 Å². The number of Topliss-reactive ketones (excluding diaryl/α,β-unsaturated/α-hetero) is 1. The lowest BCUT2D eigenvalue weighted by Crippen LogP contribution is -2.05. The number of thiazole rings is 1. The molecule has 4 aromatic rings. The summed E-state index contributed by atoms with van der Waals surface area (Å²) >= 11 is 9.12. The molecule has 6 heteroatoms. The van der Waals surface area contributed by atoms with Crippen LogP contribution >= 0.6 is 34.7 Å². The van der Waals surface area contributed by atoms with Crippen LogP contribution in [0.2, 0.25) is 5.02 Å². The molecule has 0 bridgehead atoms. The molecule has 29 heavy (non-hydrogen) atoms. The number of carbonyl (C=O) groups is 1. The Labute approximate surface area is 183 Å². The van der Waals surface area contributed by atoms with Gasteiger partial charge in [-0.3, -0.25) is 4.79 Å². The summed E-state index contributed by atoms with van der Waals surface area (Å²) in [6.07, 6.45) is 0. The smallest absolute Gasteiger partial charge is 0.174 e. The van der Waals surface area contributed by atoms with Gasteiger partial charge in [0.05, 0.1) is 16.0 Å². The first-order valence-electron chi connectivity index (χ1n) is 9.32. The molecular formula is C23H21ClN2OS2. The van der Waals surface area contributed by atoms with Crippen molar-refractivity contribution in [3.8, 4) is 5.69 Å². The lowest BCUT2D eigenvalue weighted by molar-refractivity contribution is 0.102. The van der Waals surface area contributed by atoms with Crippen molar-refractivity contribution < 1.29 is 4.79 Å². The third-order valence-electron chi connectivity index (χ3n) is 5.14. The molecule has 0 aliphatic rings. The standard InChI is InChI=1S/C23H21ClN2OS2/c1-13-5-7-18(9-14(13)2)26-15(3)10-19(16(26)4)21(27)12-28-23-25-20-11-17(24)6-8-22(20)29-23/h5-11H,12H2,1-4H3. The van der Waals surface area contributed by atoms with E-state index >= 15 is 0 Å². The zero-order valence-electron chi connectivity index (χ0n) is 16.7. The van der Waals surface area contributed by atoms with Crippen molar-refractivity contribution >= 4 is 50.7 Å². The molecule has 148 valence electrons. The molecule has 0 aliphatic heterocycles. The first kappa shape index (κ1) is 20.2. The Balaban J connectivity index is 1.56. The first-order valence-corrected chi connectivity index (χ1v) is 11.5. The Kier molecular flexibility index (Phi) is 5.56. The van der Waals surface area contributed by atoms with Gasteiger partial charge in [-0.2, -0.15) is 0 Å². The molecule has 2 aromatic carbocycles.